The highest BCUT2D eigenvalue weighted by atomic mass is 16.5. The lowest BCUT2D eigenvalue weighted by atomic mass is 10.0. The summed E-state index contributed by atoms with van der Waals surface area (Å²) in [5.41, 5.74) is 3.39. The van der Waals surface area contributed by atoms with Gasteiger partial charge in [0.2, 0.25) is 0 Å². The van der Waals surface area contributed by atoms with Gasteiger partial charge in [-0.15, -0.1) is 0 Å². The van der Waals surface area contributed by atoms with Crippen molar-refractivity contribution in [2.24, 2.45) is 5.92 Å². The molecule has 1 aromatic carbocycles. The highest BCUT2D eigenvalue weighted by Crippen LogP contribution is 2.35. The molecular weight excluding hydrogens is 380 g/mol. The molecule has 1 amide bonds. The monoisotopic (exact) mass is 408 g/mol. The van der Waals surface area contributed by atoms with Crippen LogP contribution in [0.3, 0.4) is 0 Å². The molecule has 158 valence electrons. The van der Waals surface area contributed by atoms with Crippen LogP contribution in [-0.2, 0) is 9.59 Å². The van der Waals surface area contributed by atoms with Gasteiger partial charge in [-0.05, 0) is 62.5 Å². The van der Waals surface area contributed by atoms with Crippen molar-refractivity contribution in [3.05, 3.63) is 59.1 Å². The first kappa shape index (κ1) is 21.5. The van der Waals surface area contributed by atoms with Crippen molar-refractivity contribution in [3.63, 3.8) is 0 Å². The van der Waals surface area contributed by atoms with E-state index in [4.69, 9.17) is 9.47 Å². The highest BCUT2D eigenvalue weighted by Gasteiger charge is 2.24. The standard InChI is InChI=1S/C24H28N2O4/c1-16-10-19(14-27)11-17(2)26(16)13-21(24(28)25(3)4)20-8-9-22(29-5)23(12-20)30-15-18-6-7-18/h8-13,18H,6-7,15H2,1-5H3/b21-13-. The third-order valence-electron chi connectivity index (χ3n) is 5.15. The maximum absolute atomic E-state index is 13.0. The van der Waals surface area contributed by atoms with E-state index in [9.17, 15) is 9.59 Å². The maximum Gasteiger partial charge on any atom is 0.255 e. The van der Waals surface area contributed by atoms with E-state index in [1.807, 2.05) is 42.9 Å². The molecule has 6 nitrogen and oxygen atoms in total. The summed E-state index contributed by atoms with van der Waals surface area (Å²) < 4.78 is 11.4. The van der Waals surface area contributed by atoms with Crippen molar-refractivity contribution in [3.8, 4) is 11.5 Å². The van der Waals surface area contributed by atoms with Gasteiger partial charge in [0.05, 0.1) is 24.9 Å². The molecule has 0 unspecified atom stereocenters. The number of rotatable bonds is 7. The van der Waals surface area contributed by atoms with Gasteiger partial charge in [-0.3, -0.25) is 4.79 Å². The third kappa shape index (κ3) is 4.84. The van der Waals surface area contributed by atoms with Crippen molar-refractivity contribution >= 4 is 17.4 Å². The van der Waals surface area contributed by atoms with E-state index in [2.05, 4.69) is 0 Å². The molecule has 1 saturated carbocycles. The van der Waals surface area contributed by atoms with Gasteiger partial charge >= 0.3 is 0 Å². The average Bonchev–Trinajstić information content (AvgIpc) is 3.55. The first-order chi connectivity index (χ1) is 14.3. The van der Waals surface area contributed by atoms with Crippen molar-refractivity contribution in [1.82, 2.24) is 9.80 Å². The van der Waals surface area contributed by atoms with E-state index in [0.717, 1.165) is 17.0 Å². The van der Waals surface area contributed by atoms with Crippen LogP contribution in [-0.4, -0.2) is 49.5 Å². The van der Waals surface area contributed by atoms with Crippen molar-refractivity contribution in [2.75, 3.05) is 27.8 Å². The molecule has 3 rings (SSSR count). The second-order valence-electron chi connectivity index (χ2n) is 7.86. The molecule has 1 aliphatic heterocycles. The van der Waals surface area contributed by atoms with Crippen molar-refractivity contribution < 1.29 is 19.1 Å². The normalized spacial score (nSPS) is 16.5. The Kier molecular flexibility index (Phi) is 6.48. The van der Waals surface area contributed by atoms with Gasteiger partial charge in [-0.2, -0.15) is 0 Å². The summed E-state index contributed by atoms with van der Waals surface area (Å²) in [5, 5.41) is 0. The number of amides is 1. The fourth-order valence-electron chi connectivity index (χ4n) is 3.24. The van der Waals surface area contributed by atoms with Crippen LogP contribution < -0.4 is 9.47 Å². The Balaban J connectivity index is 2.03. The number of methoxy groups -OCH3 is 1. The second kappa shape index (κ2) is 9.06. The lowest BCUT2D eigenvalue weighted by Crippen LogP contribution is -2.25. The van der Waals surface area contributed by atoms with Crippen molar-refractivity contribution in [1.29, 1.82) is 0 Å². The van der Waals surface area contributed by atoms with Crippen LogP contribution in [0, 0.1) is 5.92 Å². The quantitative estimate of drug-likeness (QED) is 0.507. The third-order valence-corrected chi connectivity index (χ3v) is 5.15. The Bertz CT molecular complexity index is 955. The molecule has 0 bridgehead atoms. The first-order valence-corrected chi connectivity index (χ1v) is 9.99. The van der Waals surface area contributed by atoms with Gasteiger partial charge in [-0.25, -0.2) is 4.79 Å². The number of ether oxygens (including phenoxy) is 2. The molecule has 1 aromatic rings. The molecule has 0 saturated heterocycles. The molecule has 1 fully saturated rings. The lowest BCUT2D eigenvalue weighted by molar-refractivity contribution is -0.122. The Labute approximate surface area is 177 Å². The van der Waals surface area contributed by atoms with Gasteiger partial charge in [0.15, 0.2) is 11.5 Å². The minimum Gasteiger partial charge on any atom is -0.493 e. The predicted molar refractivity (Wildman–Crippen MR) is 116 cm³/mol. The van der Waals surface area contributed by atoms with E-state index in [-0.39, 0.29) is 5.91 Å². The zero-order valence-electron chi connectivity index (χ0n) is 18.2. The molecule has 30 heavy (non-hydrogen) atoms. The predicted octanol–water partition coefficient (Wildman–Crippen LogP) is 3.79. The lowest BCUT2D eigenvalue weighted by Gasteiger charge is -2.27. The van der Waals surface area contributed by atoms with Crippen LogP contribution in [0.15, 0.2) is 53.5 Å². The summed E-state index contributed by atoms with van der Waals surface area (Å²) in [6, 6.07) is 5.53. The summed E-state index contributed by atoms with van der Waals surface area (Å²) in [5.74, 6) is 3.66. The largest absolute Gasteiger partial charge is 0.493 e. The number of hydrogen-bond acceptors (Lipinski definition) is 5. The molecule has 0 radical (unpaired) electrons. The van der Waals surface area contributed by atoms with Gasteiger partial charge in [-0.1, -0.05) is 6.07 Å². The summed E-state index contributed by atoms with van der Waals surface area (Å²) in [6.45, 7) is 4.43. The zero-order valence-corrected chi connectivity index (χ0v) is 18.2. The molecular formula is C24H28N2O4. The Morgan fingerprint density at radius 3 is 2.40 bits per heavy atom. The SMILES string of the molecule is COc1ccc(/C(=C/N2C(C)=CC(=C=O)C=C2C)C(=O)N(C)C)cc1OCC1CC1. The summed E-state index contributed by atoms with van der Waals surface area (Å²) >= 11 is 0. The van der Waals surface area contributed by atoms with E-state index in [0.29, 0.717) is 35.2 Å². The van der Waals surface area contributed by atoms with Crippen LogP contribution in [0.1, 0.15) is 32.3 Å². The average molecular weight is 408 g/mol. The van der Waals surface area contributed by atoms with Crippen LogP contribution >= 0.6 is 0 Å². The number of carbonyl (C=O) groups is 1. The molecule has 1 heterocycles. The fourth-order valence-corrected chi connectivity index (χ4v) is 3.24. The summed E-state index contributed by atoms with van der Waals surface area (Å²) in [6.07, 6.45) is 7.67. The molecule has 0 aromatic heterocycles. The number of benzene rings is 1. The minimum atomic E-state index is -0.134. The minimum absolute atomic E-state index is 0.134. The Hall–Kier alpha value is -3.24. The highest BCUT2D eigenvalue weighted by molar-refractivity contribution is 6.19. The Morgan fingerprint density at radius 2 is 1.87 bits per heavy atom. The van der Waals surface area contributed by atoms with Crippen molar-refractivity contribution in [2.45, 2.75) is 26.7 Å². The summed E-state index contributed by atoms with van der Waals surface area (Å²) in [4.78, 5) is 27.5. The van der Waals surface area contributed by atoms with Crippen LogP contribution in [0.2, 0.25) is 0 Å². The molecule has 6 heteroatoms. The molecule has 1 aliphatic carbocycles. The maximum atomic E-state index is 13.0. The molecule has 0 N–H and O–H groups in total. The number of allylic oxidation sites excluding steroid dienone is 5. The Morgan fingerprint density at radius 1 is 1.20 bits per heavy atom. The van der Waals surface area contributed by atoms with Crippen LogP contribution in [0.5, 0.6) is 11.5 Å². The van der Waals surface area contributed by atoms with E-state index < -0.39 is 0 Å². The van der Waals surface area contributed by atoms with Gasteiger partial charge < -0.3 is 19.3 Å². The van der Waals surface area contributed by atoms with E-state index in [1.54, 1.807) is 44.5 Å². The first-order valence-electron chi connectivity index (χ1n) is 9.99. The van der Waals surface area contributed by atoms with E-state index in [1.165, 1.54) is 12.8 Å². The van der Waals surface area contributed by atoms with Gasteiger partial charge in [0, 0.05) is 31.7 Å². The number of carbonyl (C=O) groups excluding carboxylic acids is 2. The number of hydrogen-bond donors (Lipinski definition) is 0. The summed E-state index contributed by atoms with van der Waals surface area (Å²) in [7, 11) is 5.05. The van der Waals surface area contributed by atoms with Gasteiger partial charge in [0.1, 0.15) is 5.94 Å². The topological polar surface area (TPSA) is 59.1 Å². The van der Waals surface area contributed by atoms with Crippen LogP contribution in [0.4, 0.5) is 0 Å². The zero-order chi connectivity index (χ0) is 21.8. The second-order valence-corrected chi connectivity index (χ2v) is 7.86. The van der Waals surface area contributed by atoms with E-state index >= 15 is 0 Å². The molecule has 0 spiro atoms. The van der Waals surface area contributed by atoms with Gasteiger partial charge in [0.25, 0.3) is 5.91 Å². The molecule has 2 aliphatic rings. The number of likely N-dealkylation sites (N-methyl/N-ethyl adjacent to an activating group) is 1. The smallest absolute Gasteiger partial charge is 0.255 e. The van der Waals surface area contributed by atoms with Crippen LogP contribution in [0.25, 0.3) is 5.57 Å². The molecule has 0 atom stereocenters. The number of nitrogens with zero attached hydrogens (tertiary/aromatic N) is 2. The fraction of sp³-hybridized carbons (Fsp3) is 0.375.